The SMILES string of the molecule is Cc1cc(C(N)CC2CC3CCC2C3)cs1. The summed E-state index contributed by atoms with van der Waals surface area (Å²) in [4.78, 5) is 1.39. The molecule has 4 unspecified atom stereocenters. The molecule has 0 aromatic carbocycles. The molecule has 2 N–H and O–H groups in total. The summed E-state index contributed by atoms with van der Waals surface area (Å²) >= 11 is 1.83. The average molecular weight is 235 g/mol. The molecule has 2 aliphatic rings. The lowest BCUT2D eigenvalue weighted by Crippen LogP contribution is -2.19. The van der Waals surface area contributed by atoms with Gasteiger partial charge in [0.25, 0.3) is 0 Å². The predicted molar refractivity (Wildman–Crippen MR) is 69.5 cm³/mol. The molecule has 0 amide bonds. The number of rotatable bonds is 3. The highest BCUT2D eigenvalue weighted by Gasteiger charge is 2.39. The van der Waals surface area contributed by atoms with Crippen LogP contribution in [0, 0.1) is 24.7 Å². The van der Waals surface area contributed by atoms with E-state index in [9.17, 15) is 0 Å². The molecule has 2 heteroatoms. The van der Waals surface area contributed by atoms with Crippen LogP contribution in [0.2, 0.25) is 0 Å². The maximum atomic E-state index is 6.33. The van der Waals surface area contributed by atoms with Crippen molar-refractivity contribution in [3.8, 4) is 0 Å². The lowest BCUT2D eigenvalue weighted by molar-refractivity contribution is 0.296. The van der Waals surface area contributed by atoms with E-state index in [0.717, 1.165) is 17.8 Å². The zero-order chi connectivity index (χ0) is 11.1. The van der Waals surface area contributed by atoms with E-state index in [1.54, 1.807) is 0 Å². The van der Waals surface area contributed by atoms with Gasteiger partial charge in [0.05, 0.1) is 0 Å². The van der Waals surface area contributed by atoms with Gasteiger partial charge in [0.15, 0.2) is 0 Å². The standard InChI is InChI=1S/C14H21NS/c1-9-4-13(8-16-9)14(15)7-12-6-10-2-3-11(12)5-10/h4,8,10-12,14H,2-3,5-7,15H2,1H3. The van der Waals surface area contributed by atoms with E-state index < -0.39 is 0 Å². The van der Waals surface area contributed by atoms with Crippen molar-refractivity contribution < 1.29 is 0 Å². The molecule has 2 aliphatic carbocycles. The van der Waals surface area contributed by atoms with E-state index in [1.807, 2.05) is 11.3 Å². The van der Waals surface area contributed by atoms with Crippen LogP contribution in [0.3, 0.4) is 0 Å². The van der Waals surface area contributed by atoms with E-state index >= 15 is 0 Å². The van der Waals surface area contributed by atoms with E-state index in [0.29, 0.717) is 0 Å². The lowest BCUT2D eigenvalue weighted by Gasteiger charge is -2.24. The van der Waals surface area contributed by atoms with Crippen LogP contribution >= 0.6 is 11.3 Å². The Morgan fingerprint density at radius 3 is 2.88 bits per heavy atom. The Kier molecular flexibility index (Phi) is 2.80. The van der Waals surface area contributed by atoms with Crippen molar-refractivity contribution in [3.05, 3.63) is 21.9 Å². The second kappa shape index (κ2) is 4.15. The molecule has 4 atom stereocenters. The quantitative estimate of drug-likeness (QED) is 0.845. The Morgan fingerprint density at radius 1 is 1.44 bits per heavy atom. The van der Waals surface area contributed by atoms with Crippen LogP contribution in [0.5, 0.6) is 0 Å². The van der Waals surface area contributed by atoms with Crippen molar-refractivity contribution in [2.24, 2.45) is 23.5 Å². The van der Waals surface area contributed by atoms with Crippen molar-refractivity contribution in [2.45, 2.75) is 45.1 Å². The van der Waals surface area contributed by atoms with Crippen molar-refractivity contribution in [1.82, 2.24) is 0 Å². The maximum absolute atomic E-state index is 6.33. The Balaban J connectivity index is 1.62. The lowest BCUT2D eigenvalue weighted by atomic mass is 9.83. The highest BCUT2D eigenvalue weighted by Crippen LogP contribution is 2.50. The van der Waals surface area contributed by atoms with Gasteiger partial charge in [0.2, 0.25) is 0 Å². The maximum Gasteiger partial charge on any atom is 0.0305 e. The Labute approximate surface area is 102 Å². The molecule has 2 bridgehead atoms. The second-order valence-electron chi connectivity index (χ2n) is 5.77. The van der Waals surface area contributed by atoms with Gasteiger partial charge in [-0.3, -0.25) is 0 Å². The average Bonchev–Trinajstić information content (AvgIpc) is 2.92. The van der Waals surface area contributed by atoms with E-state index in [2.05, 4.69) is 18.4 Å². The van der Waals surface area contributed by atoms with E-state index in [1.165, 1.54) is 42.5 Å². The zero-order valence-corrected chi connectivity index (χ0v) is 10.8. The minimum absolute atomic E-state index is 0.286. The van der Waals surface area contributed by atoms with Crippen LogP contribution in [0.4, 0.5) is 0 Å². The summed E-state index contributed by atoms with van der Waals surface area (Å²) < 4.78 is 0. The molecule has 1 aromatic rings. The first-order chi connectivity index (χ1) is 7.72. The molecule has 0 aliphatic heterocycles. The smallest absolute Gasteiger partial charge is 0.0305 e. The summed E-state index contributed by atoms with van der Waals surface area (Å²) in [5.74, 6) is 2.98. The van der Waals surface area contributed by atoms with E-state index in [4.69, 9.17) is 5.73 Å². The van der Waals surface area contributed by atoms with Gasteiger partial charge in [-0.15, -0.1) is 11.3 Å². The fourth-order valence-electron chi connectivity index (χ4n) is 3.79. The van der Waals surface area contributed by atoms with Gasteiger partial charge >= 0.3 is 0 Å². The zero-order valence-electron chi connectivity index (χ0n) is 9.99. The summed E-state index contributed by atoms with van der Waals surface area (Å²) in [7, 11) is 0. The van der Waals surface area contributed by atoms with Gasteiger partial charge in [-0.1, -0.05) is 6.42 Å². The van der Waals surface area contributed by atoms with Crippen molar-refractivity contribution in [2.75, 3.05) is 0 Å². The van der Waals surface area contributed by atoms with Gasteiger partial charge in [-0.25, -0.2) is 0 Å². The molecule has 16 heavy (non-hydrogen) atoms. The monoisotopic (exact) mass is 235 g/mol. The molecule has 1 heterocycles. The van der Waals surface area contributed by atoms with Crippen LogP contribution in [0.1, 0.15) is 48.6 Å². The molecule has 2 fully saturated rings. The number of hydrogen-bond acceptors (Lipinski definition) is 2. The summed E-state index contributed by atoms with van der Waals surface area (Å²) in [6.07, 6.45) is 7.15. The molecule has 2 saturated carbocycles. The minimum Gasteiger partial charge on any atom is -0.324 e. The van der Waals surface area contributed by atoms with Crippen molar-refractivity contribution in [1.29, 1.82) is 0 Å². The summed E-state index contributed by atoms with van der Waals surface area (Å²) in [6, 6.07) is 2.55. The van der Waals surface area contributed by atoms with Crippen LogP contribution < -0.4 is 5.73 Å². The third-order valence-corrected chi connectivity index (χ3v) is 5.50. The van der Waals surface area contributed by atoms with Crippen LogP contribution in [0.25, 0.3) is 0 Å². The molecular weight excluding hydrogens is 214 g/mol. The highest BCUT2D eigenvalue weighted by molar-refractivity contribution is 7.10. The first kappa shape index (κ1) is 10.8. The van der Waals surface area contributed by atoms with Crippen molar-refractivity contribution in [3.63, 3.8) is 0 Å². The first-order valence-corrected chi connectivity index (χ1v) is 7.41. The Hall–Kier alpha value is -0.340. The third-order valence-electron chi connectivity index (χ3n) is 4.62. The second-order valence-corrected chi connectivity index (χ2v) is 6.88. The number of nitrogens with two attached hydrogens (primary N) is 1. The van der Waals surface area contributed by atoms with Gasteiger partial charge < -0.3 is 5.73 Å². The third kappa shape index (κ3) is 1.93. The molecule has 1 aromatic heterocycles. The Bertz CT molecular complexity index is 371. The van der Waals surface area contributed by atoms with Crippen LogP contribution in [-0.2, 0) is 0 Å². The van der Waals surface area contributed by atoms with Gasteiger partial charge in [0, 0.05) is 10.9 Å². The minimum atomic E-state index is 0.286. The predicted octanol–water partition coefficient (Wildman–Crippen LogP) is 3.88. The fraction of sp³-hybridized carbons (Fsp3) is 0.714. The van der Waals surface area contributed by atoms with Crippen LogP contribution in [-0.4, -0.2) is 0 Å². The summed E-state index contributed by atoms with van der Waals surface area (Å²) in [5, 5.41) is 2.24. The molecule has 0 saturated heterocycles. The van der Waals surface area contributed by atoms with Crippen molar-refractivity contribution >= 4 is 11.3 Å². The number of hydrogen-bond donors (Lipinski definition) is 1. The largest absolute Gasteiger partial charge is 0.324 e. The molecular formula is C14H21NS. The Morgan fingerprint density at radius 2 is 2.31 bits per heavy atom. The number of aryl methyl sites for hydroxylation is 1. The molecule has 88 valence electrons. The van der Waals surface area contributed by atoms with Gasteiger partial charge in [-0.2, -0.15) is 0 Å². The van der Waals surface area contributed by atoms with Gasteiger partial charge in [0.1, 0.15) is 0 Å². The van der Waals surface area contributed by atoms with Gasteiger partial charge in [-0.05, 0) is 67.4 Å². The number of fused-ring (bicyclic) bond motifs is 2. The van der Waals surface area contributed by atoms with E-state index in [-0.39, 0.29) is 6.04 Å². The molecule has 3 rings (SSSR count). The fourth-order valence-corrected chi connectivity index (χ4v) is 4.55. The topological polar surface area (TPSA) is 26.0 Å². The number of thiophene rings is 1. The highest BCUT2D eigenvalue weighted by atomic mass is 32.1. The molecule has 1 nitrogen and oxygen atoms in total. The van der Waals surface area contributed by atoms with Crippen LogP contribution in [0.15, 0.2) is 11.4 Å². The summed E-state index contributed by atoms with van der Waals surface area (Å²) in [5.41, 5.74) is 7.69. The first-order valence-electron chi connectivity index (χ1n) is 6.53. The molecule has 0 spiro atoms. The summed E-state index contributed by atoms with van der Waals surface area (Å²) in [6.45, 7) is 2.17. The normalized spacial score (nSPS) is 34.5. The molecule has 0 radical (unpaired) electrons.